The van der Waals surface area contributed by atoms with Crippen LogP contribution in [0.1, 0.15) is 35.0 Å². The first kappa shape index (κ1) is 20.1. The molecule has 156 valence electrons. The summed E-state index contributed by atoms with van der Waals surface area (Å²) < 4.78 is 13.9. The van der Waals surface area contributed by atoms with Crippen molar-refractivity contribution >= 4 is 5.91 Å². The summed E-state index contributed by atoms with van der Waals surface area (Å²) in [5.74, 6) is -0.0767. The SMILES string of the molecule is CN(CCC(=O)N1CCc2[nH]cnc2C1c1cccc(F)c1)Cc1cccc(O)c1. The number of hydrogen-bond acceptors (Lipinski definition) is 4. The van der Waals surface area contributed by atoms with Crippen molar-refractivity contribution in [3.63, 3.8) is 0 Å². The van der Waals surface area contributed by atoms with Crippen LogP contribution in [0.3, 0.4) is 0 Å². The summed E-state index contributed by atoms with van der Waals surface area (Å²) in [6.07, 6.45) is 2.68. The van der Waals surface area contributed by atoms with E-state index in [-0.39, 0.29) is 23.5 Å². The summed E-state index contributed by atoms with van der Waals surface area (Å²) >= 11 is 0. The third-order valence-corrected chi connectivity index (χ3v) is 5.48. The Kier molecular flexibility index (Phi) is 5.81. The highest BCUT2D eigenvalue weighted by Gasteiger charge is 2.34. The number of imidazole rings is 1. The Labute approximate surface area is 175 Å². The molecule has 1 amide bonds. The van der Waals surface area contributed by atoms with Crippen molar-refractivity contribution < 1.29 is 14.3 Å². The van der Waals surface area contributed by atoms with Crippen LogP contribution in [0.2, 0.25) is 0 Å². The van der Waals surface area contributed by atoms with Gasteiger partial charge in [-0.15, -0.1) is 0 Å². The number of carbonyl (C=O) groups is 1. The van der Waals surface area contributed by atoms with Crippen molar-refractivity contribution in [2.24, 2.45) is 0 Å². The molecule has 0 spiro atoms. The molecule has 2 N–H and O–H groups in total. The smallest absolute Gasteiger partial charge is 0.224 e. The molecule has 1 aliphatic heterocycles. The summed E-state index contributed by atoms with van der Waals surface area (Å²) in [7, 11) is 1.95. The second-order valence-electron chi connectivity index (χ2n) is 7.72. The number of amides is 1. The Balaban J connectivity index is 1.47. The number of benzene rings is 2. The topological polar surface area (TPSA) is 72.5 Å². The molecule has 1 atom stereocenters. The minimum absolute atomic E-state index is 0.0145. The molecule has 0 saturated heterocycles. The van der Waals surface area contributed by atoms with Crippen LogP contribution in [0.15, 0.2) is 54.9 Å². The molecular formula is C23H25FN4O2. The van der Waals surface area contributed by atoms with E-state index in [4.69, 9.17) is 0 Å². The van der Waals surface area contributed by atoms with Crippen molar-refractivity contribution in [2.45, 2.75) is 25.4 Å². The van der Waals surface area contributed by atoms with Gasteiger partial charge in [-0.05, 0) is 42.4 Å². The van der Waals surface area contributed by atoms with Crippen LogP contribution in [0.5, 0.6) is 5.75 Å². The van der Waals surface area contributed by atoms with Gasteiger partial charge in [0.15, 0.2) is 0 Å². The molecule has 30 heavy (non-hydrogen) atoms. The first-order valence-electron chi connectivity index (χ1n) is 10.0. The lowest BCUT2D eigenvalue weighted by molar-refractivity contribution is -0.133. The van der Waals surface area contributed by atoms with Gasteiger partial charge in [-0.1, -0.05) is 24.3 Å². The van der Waals surface area contributed by atoms with Gasteiger partial charge in [-0.3, -0.25) is 4.79 Å². The molecule has 2 aromatic carbocycles. The maximum Gasteiger partial charge on any atom is 0.224 e. The van der Waals surface area contributed by atoms with E-state index in [1.807, 2.05) is 30.1 Å². The van der Waals surface area contributed by atoms with E-state index in [1.165, 1.54) is 12.1 Å². The number of nitrogens with one attached hydrogen (secondary N) is 1. The molecule has 7 heteroatoms. The van der Waals surface area contributed by atoms with E-state index in [1.54, 1.807) is 29.4 Å². The first-order valence-corrected chi connectivity index (χ1v) is 10.0. The van der Waals surface area contributed by atoms with Crippen molar-refractivity contribution in [3.8, 4) is 5.75 Å². The zero-order valence-corrected chi connectivity index (χ0v) is 16.9. The number of carbonyl (C=O) groups excluding carboxylic acids is 1. The van der Waals surface area contributed by atoms with Crippen LogP contribution in [0, 0.1) is 5.82 Å². The van der Waals surface area contributed by atoms with Crippen molar-refractivity contribution in [3.05, 3.63) is 83.2 Å². The summed E-state index contributed by atoms with van der Waals surface area (Å²) in [5, 5.41) is 9.62. The van der Waals surface area contributed by atoms with Crippen LogP contribution < -0.4 is 0 Å². The molecule has 3 aromatic rings. The molecule has 1 aliphatic rings. The Bertz CT molecular complexity index is 1040. The number of aromatic amines is 1. The van der Waals surface area contributed by atoms with Gasteiger partial charge in [-0.25, -0.2) is 9.37 Å². The predicted molar refractivity (Wildman–Crippen MR) is 111 cm³/mol. The van der Waals surface area contributed by atoms with E-state index in [9.17, 15) is 14.3 Å². The van der Waals surface area contributed by atoms with Crippen molar-refractivity contribution in [1.29, 1.82) is 0 Å². The van der Waals surface area contributed by atoms with Crippen LogP contribution in [0.25, 0.3) is 0 Å². The zero-order valence-electron chi connectivity index (χ0n) is 16.9. The molecule has 6 nitrogen and oxygen atoms in total. The number of phenols is 1. The van der Waals surface area contributed by atoms with Gasteiger partial charge in [0, 0.05) is 38.2 Å². The number of aromatic hydroxyl groups is 1. The summed E-state index contributed by atoms with van der Waals surface area (Å²) in [5.41, 5.74) is 3.49. The molecule has 0 bridgehead atoms. The molecule has 4 rings (SSSR count). The molecule has 1 aromatic heterocycles. The van der Waals surface area contributed by atoms with E-state index < -0.39 is 0 Å². The molecule has 1 unspecified atom stereocenters. The monoisotopic (exact) mass is 408 g/mol. The second-order valence-corrected chi connectivity index (χ2v) is 7.72. The number of H-pyrrole nitrogens is 1. The number of rotatable bonds is 6. The molecule has 0 aliphatic carbocycles. The number of fused-ring (bicyclic) bond motifs is 1. The summed E-state index contributed by atoms with van der Waals surface area (Å²) in [6.45, 7) is 1.78. The fourth-order valence-corrected chi connectivity index (χ4v) is 4.04. The fourth-order valence-electron chi connectivity index (χ4n) is 4.04. The Morgan fingerprint density at radius 1 is 1.30 bits per heavy atom. The Hall–Kier alpha value is -3.19. The van der Waals surface area contributed by atoms with E-state index in [0.29, 0.717) is 32.5 Å². The average Bonchev–Trinajstić information content (AvgIpc) is 3.20. The number of hydrogen-bond donors (Lipinski definition) is 2. The van der Waals surface area contributed by atoms with Crippen molar-refractivity contribution in [1.82, 2.24) is 19.8 Å². The van der Waals surface area contributed by atoms with E-state index in [2.05, 4.69) is 9.97 Å². The average molecular weight is 408 g/mol. The van der Waals surface area contributed by atoms with Crippen LogP contribution in [-0.4, -0.2) is 50.9 Å². The molecule has 2 heterocycles. The van der Waals surface area contributed by atoms with Gasteiger partial charge in [0.05, 0.1) is 12.0 Å². The highest BCUT2D eigenvalue weighted by atomic mass is 19.1. The first-order chi connectivity index (χ1) is 14.5. The molecule has 0 saturated carbocycles. The van der Waals surface area contributed by atoms with Crippen LogP contribution in [0.4, 0.5) is 4.39 Å². The van der Waals surface area contributed by atoms with Gasteiger partial charge in [0.25, 0.3) is 0 Å². The number of aromatic nitrogens is 2. The lowest BCUT2D eigenvalue weighted by Gasteiger charge is -2.35. The van der Waals surface area contributed by atoms with Gasteiger partial charge in [0.2, 0.25) is 5.91 Å². The largest absolute Gasteiger partial charge is 0.508 e. The highest BCUT2D eigenvalue weighted by molar-refractivity contribution is 5.77. The highest BCUT2D eigenvalue weighted by Crippen LogP contribution is 2.34. The lowest BCUT2D eigenvalue weighted by Crippen LogP contribution is -2.41. The summed E-state index contributed by atoms with van der Waals surface area (Å²) in [6, 6.07) is 13.1. The summed E-state index contributed by atoms with van der Waals surface area (Å²) in [4.78, 5) is 24.6. The van der Waals surface area contributed by atoms with E-state index in [0.717, 1.165) is 22.5 Å². The Morgan fingerprint density at radius 3 is 2.93 bits per heavy atom. The third kappa shape index (κ3) is 4.36. The molecular weight excluding hydrogens is 383 g/mol. The minimum atomic E-state index is -0.389. The maximum absolute atomic E-state index is 13.9. The van der Waals surface area contributed by atoms with E-state index >= 15 is 0 Å². The van der Waals surface area contributed by atoms with Crippen LogP contribution >= 0.6 is 0 Å². The van der Waals surface area contributed by atoms with Crippen molar-refractivity contribution in [2.75, 3.05) is 20.1 Å². The predicted octanol–water partition coefficient (Wildman–Crippen LogP) is 3.25. The Morgan fingerprint density at radius 2 is 2.13 bits per heavy atom. The van der Waals surface area contributed by atoms with Gasteiger partial charge in [0.1, 0.15) is 17.6 Å². The normalized spacial score (nSPS) is 16.0. The van der Waals surface area contributed by atoms with Gasteiger partial charge < -0.3 is 19.9 Å². The fraction of sp³-hybridized carbons (Fsp3) is 0.304. The zero-order chi connectivity index (χ0) is 21.1. The maximum atomic E-state index is 13.9. The standard InChI is InChI=1S/C23H25FN4O2/c1-27(14-16-4-2-7-19(29)12-16)10-9-21(30)28-11-8-20-22(26-15-25-20)23(28)17-5-3-6-18(24)13-17/h2-7,12-13,15,23,29H,8-11,14H2,1H3,(H,25,26). The number of nitrogens with zero attached hydrogens (tertiary/aromatic N) is 3. The third-order valence-electron chi connectivity index (χ3n) is 5.48. The number of halogens is 1. The minimum Gasteiger partial charge on any atom is -0.508 e. The van der Waals surface area contributed by atoms with Crippen LogP contribution in [-0.2, 0) is 17.8 Å². The lowest BCUT2D eigenvalue weighted by atomic mass is 9.95. The second kappa shape index (κ2) is 8.67. The quantitative estimate of drug-likeness (QED) is 0.657. The molecule has 0 fully saturated rings. The number of phenolic OH excluding ortho intramolecular Hbond substituents is 1. The van der Waals surface area contributed by atoms with Gasteiger partial charge in [-0.2, -0.15) is 0 Å². The van der Waals surface area contributed by atoms with Gasteiger partial charge >= 0.3 is 0 Å². The molecule has 0 radical (unpaired) electrons.